The van der Waals surface area contributed by atoms with E-state index in [9.17, 15) is 19.7 Å². The Labute approximate surface area is 187 Å². The number of rotatable bonds is 8. The van der Waals surface area contributed by atoms with E-state index in [0.29, 0.717) is 33.6 Å². The maximum Gasteiger partial charge on any atom is 0.269 e. The Bertz CT molecular complexity index is 1110. The second kappa shape index (κ2) is 10.1. The minimum absolute atomic E-state index is 0.0180. The third kappa shape index (κ3) is 5.80. The normalized spacial score (nSPS) is 10.4. The first-order chi connectivity index (χ1) is 14.8. The van der Waals surface area contributed by atoms with Crippen molar-refractivity contribution in [1.82, 2.24) is 5.32 Å². The molecule has 3 aromatic rings. The van der Waals surface area contributed by atoms with Crippen molar-refractivity contribution in [2.75, 3.05) is 23.7 Å². The number of benzene rings is 2. The van der Waals surface area contributed by atoms with Gasteiger partial charge >= 0.3 is 0 Å². The number of nitrogens with zero attached hydrogens (tertiary/aromatic N) is 1. The lowest BCUT2D eigenvalue weighted by Crippen LogP contribution is -2.28. The number of nitro groups is 1. The zero-order valence-electron chi connectivity index (χ0n) is 16.5. The molecule has 0 saturated carbocycles. The molecule has 1 aromatic heterocycles. The van der Waals surface area contributed by atoms with Crippen LogP contribution in [-0.2, 0) is 0 Å². The molecule has 8 nitrogen and oxygen atoms in total. The number of nitro benzene ring substituents is 1. The fourth-order valence-corrected chi connectivity index (χ4v) is 3.96. The molecule has 0 unspecified atom stereocenters. The Morgan fingerprint density at radius 1 is 1.06 bits per heavy atom. The standard InChI is InChI=1S/C21H19ClN4O4S/c1-13-12-18(25-20(27)16-4-2-3-5-17(16)22)31-19(13)21(28)24-11-10-23-14-6-8-15(9-7-14)26(29)30/h2-9,12,23H,10-11H2,1H3,(H,24,28)(H,25,27). The lowest BCUT2D eigenvalue weighted by molar-refractivity contribution is -0.384. The van der Waals surface area contributed by atoms with Gasteiger partial charge < -0.3 is 16.0 Å². The van der Waals surface area contributed by atoms with Crippen LogP contribution in [0.2, 0.25) is 5.02 Å². The molecule has 0 aliphatic rings. The number of non-ortho nitro benzene ring substituents is 1. The van der Waals surface area contributed by atoms with Crippen LogP contribution < -0.4 is 16.0 Å². The van der Waals surface area contributed by atoms with Crippen molar-refractivity contribution in [3.63, 3.8) is 0 Å². The van der Waals surface area contributed by atoms with Crippen molar-refractivity contribution in [3.05, 3.63) is 85.7 Å². The van der Waals surface area contributed by atoms with E-state index in [2.05, 4.69) is 16.0 Å². The Hall–Kier alpha value is -3.43. The van der Waals surface area contributed by atoms with Crippen LogP contribution in [-0.4, -0.2) is 29.8 Å². The number of aryl methyl sites for hydroxylation is 1. The molecule has 0 aliphatic carbocycles. The van der Waals surface area contributed by atoms with Crippen LogP contribution in [0.15, 0.2) is 54.6 Å². The summed E-state index contributed by atoms with van der Waals surface area (Å²) in [6.45, 7) is 2.60. The van der Waals surface area contributed by atoms with Crippen LogP contribution in [0, 0.1) is 17.0 Å². The number of hydrogen-bond acceptors (Lipinski definition) is 6. The number of thiophene rings is 1. The molecule has 0 atom stereocenters. The first kappa shape index (κ1) is 22.3. The van der Waals surface area contributed by atoms with Gasteiger partial charge in [0.1, 0.15) is 0 Å². The van der Waals surface area contributed by atoms with E-state index in [1.165, 1.54) is 23.5 Å². The van der Waals surface area contributed by atoms with Crippen molar-refractivity contribution in [2.45, 2.75) is 6.92 Å². The molecule has 2 amide bonds. The number of carbonyl (C=O) groups excluding carboxylic acids is 2. The van der Waals surface area contributed by atoms with E-state index in [1.807, 2.05) is 0 Å². The number of nitrogens with one attached hydrogen (secondary N) is 3. The van der Waals surface area contributed by atoms with Gasteiger partial charge in [0.25, 0.3) is 17.5 Å². The molecule has 160 valence electrons. The van der Waals surface area contributed by atoms with Crippen molar-refractivity contribution in [3.8, 4) is 0 Å². The van der Waals surface area contributed by atoms with Gasteiger partial charge in [0, 0.05) is 30.9 Å². The van der Waals surface area contributed by atoms with Gasteiger partial charge in [-0.2, -0.15) is 0 Å². The van der Waals surface area contributed by atoms with E-state index in [1.54, 1.807) is 49.4 Å². The van der Waals surface area contributed by atoms with Gasteiger partial charge in [-0.3, -0.25) is 19.7 Å². The second-order valence-electron chi connectivity index (χ2n) is 6.54. The summed E-state index contributed by atoms with van der Waals surface area (Å²) in [5.41, 5.74) is 1.85. The molecular weight excluding hydrogens is 440 g/mol. The summed E-state index contributed by atoms with van der Waals surface area (Å²) in [6.07, 6.45) is 0. The molecule has 0 radical (unpaired) electrons. The molecule has 0 fully saturated rings. The molecule has 0 saturated heterocycles. The fourth-order valence-electron chi connectivity index (χ4n) is 2.76. The quantitative estimate of drug-likeness (QED) is 0.257. The van der Waals surface area contributed by atoms with Gasteiger partial charge in [-0.25, -0.2) is 0 Å². The van der Waals surface area contributed by atoms with Gasteiger partial charge in [0.05, 0.1) is 25.4 Å². The Kier molecular flexibility index (Phi) is 7.22. The zero-order chi connectivity index (χ0) is 22.4. The fraction of sp³-hybridized carbons (Fsp3) is 0.143. The van der Waals surface area contributed by atoms with E-state index >= 15 is 0 Å². The lowest BCUT2D eigenvalue weighted by Gasteiger charge is -2.07. The second-order valence-corrected chi connectivity index (χ2v) is 8.00. The molecule has 1 heterocycles. The molecule has 31 heavy (non-hydrogen) atoms. The maximum absolute atomic E-state index is 12.5. The summed E-state index contributed by atoms with van der Waals surface area (Å²) in [4.78, 5) is 35.6. The van der Waals surface area contributed by atoms with Crippen LogP contribution >= 0.6 is 22.9 Å². The SMILES string of the molecule is Cc1cc(NC(=O)c2ccccc2Cl)sc1C(=O)NCCNc1ccc([N+](=O)[O-])cc1. The molecule has 2 aromatic carbocycles. The maximum atomic E-state index is 12.5. The van der Waals surface area contributed by atoms with Gasteiger partial charge in [-0.05, 0) is 42.8 Å². The summed E-state index contributed by atoms with van der Waals surface area (Å²) >= 11 is 7.24. The number of amides is 2. The lowest BCUT2D eigenvalue weighted by atomic mass is 10.2. The number of carbonyl (C=O) groups is 2. The van der Waals surface area contributed by atoms with Crippen molar-refractivity contribution >= 4 is 51.1 Å². The predicted octanol–water partition coefficient (Wildman–Crippen LogP) is 4.71. The summed E-state index contributed by atoms with van der Waals surface area (Å²) < 4.78 is 0. The largest absolute Gasteiger partial charge is 0.383 e. The third-order valence-corrected chi connectivity index (χ3v) is 5.78. The highest BCUT2D eigenvalue weighted by molar-refractivity contribution is 7.18. The minimum atomic E-state index is -0.460. The summed E-state index contributed by atoms with van der Waals surface area (Å²) in [7, 11) is 0. The Balaban J connectivity index is 1.51. The molecule has 0 spiro atoms. The van der Waals surface area contributed by atoms with Crippen LogP contribution in [0.3, 0.4) is 0 Å². The molecule has 3 N–H and O–H groups in total. The highest BCUT2D eigenvalue weighted by atomic mass is 35.5. The van der Waals surface area contributed by atoms with E-state index < -0.39 is 4.92 Å². The summed E-state index contributed by atoms with van der Waals surface area (Å²) in [5, 5.41) is 20.2. The van der Waals surface area contributed by atoms with Crippen LogP contribution in [0.1, 0.15) is 25.6 Å². The first-order valence-corrected chi connectivity index (χ1v) is 10.5. The Morgan fingerprint density at radius 3 is 2.45 bits per heavy atom. The molecule has 0 bridgehead atoms. The van der Waals surface area contributed by atoms with Crippen LogP contribution in [0.25, 0.3) is 0 Å². The first-order valence-electron chi connectivity index (χ1n) is 9.28. The van der Waals surface area contributed by atoms with Gasteiger partial charge in [-0.15, -0.1) is 11.3 Å². The average Bonchev–Trinajstić information content (AvgIpc) is 3.11. The van der Waals surface area contributed by atoms with Crippen LogP contribution in [0.4, 0.5) is 16.4 Å². The van der Waals surface area contributed by atoms with Gasteiger partial charge in [0.15, 0.2) is 0 Å². The monoisotopic (exact) mass is 458 g/mol. The van der Waals surface area contributed by atoms with Crippen molar-refractivity contribution in [2.24, 2.45) is 0 Å². The molecular formula is C21H19ClN4O4S. The van der Waals surface area contributed by atoms with E-state index in [4.69, 9.17) is 11.6 Å². The van der Waals surface area contributed by atoms with E-state index in [-0.39, 0.29) is 17.5 Å². The Morgan fingerprint density at radius 2 is 1.77 bits per heavy atom. The van der Waals surface area contributed by atoms with Gasteiger partial charge in [-0.1, -0.05) is 23.7 Å². The van der Waals surface area contributed by atoms with Crippen molar-refractivity contribution < 1.29 is 14.5 Å². The van der Waals surface area contributed by atoms with Gasteiger partial charge in [0.2, 0.25) is 0 Å². The summed E-state index contributed by atoms with van der Waals surface area (Å²) in [5.74, 6) is -0.586. The summed E-state index contributed by atoms with van der Waals surface area (Å²) in [6, 6.07) is 14.5. The predicted molar refractivity (Wildman–Crippen MR) is 122 cm³/mol. The number of anilines is 2. The van der Waals surface area contributed by atoms with Crippen molar-refractivity contribution in [1.29, 1.82) is 0 Å². The highest BCUT2D eigenvalue weighted by Crippen LogP contribution is 2.27. The minimum Gasteiger partial charge on any atom is -0.383 e. The third-order valence-electron chi connectivity index (χ3n) is 4.30. The highest BCUT2D eigenvalue weighted by Gasteiger charge is 2.16. The smallest absolute Gasteiger partial charge is 0.269 e. The molecule has 10 heteroatoms. The number of halogens is 1. The average molecular weight is 459 g/mol. The molecule has 0 aliphatic heterocycles. The topological polar surface area (TPSA) is 113 Å². The molecule has 3 rings (SSSR count). The van der Waals surface area contributed by atoms with E-state index in [0.717, 1.165) is 11.3 Å². The zero-order valence-corrected chi connectivity index (χ0v) is 18.0. The van der Waals surface area contributed by atoms with Crippen LogP contribution in [0.5, 0.6) is 0 Å². The number of hydrogen-bond donors (Lipinski definition) is 3.